The minimum atomic E-state index is 0.347. The maximum atomic E-state index is 8.56. The van der Waals surface area contributed by atoms with Crippen molar-refractivity contribution in [1.29, 1.82) is 5.41 Å². The van der Waals surface area contributed by atoms with Crippen LogP contribution in [0.4, 0.5) is 0 Å². The van der Waals surface area contributed by atoms with Crippen LogP contribution in [0.1, 0.15) is 80.6 Å². The second-order valence-electron chi connectivity index (χ2n) is 6.79. The van der Waals surface area contributed by atoms with Gasteiger partial charge in [-0.05, 0) is 43.3 Å². The topological polar surface area (TPSA) is 64.3 Å². The highest BCUT2D eigenvalue weighted by Gasteiger charge is 1.96. The van der Waals surface area contributed by atoms with Gasteiger partial charge in [0.25, 0.3) is 0 Å². The molecule has 0 spiro atoms. The van der Waals surface area contributed by atoms with Crippen molar-refractivity contribution in [2.75, 3.05) is 20.0 Å². The predicted molar refractivity (Wildman–Crippen MR) is 123 cm³/mol. The number of aliphatic hydroxyl groups is 2. The van der Waals surface area contributed by atoms with Crippen LogP contribution in [-0.2, 0) is 0 Å². The van der Waals surface area contributed by atoms with E-state index in [2.05, 4.69) is 47.6 Å². The van der Waals surface area contributed by atoms with Crippen molar-refractivity contribution in [1.82, 2.24) is 0 Å². The van der Waals surface area contributed by atoms with Crippen molar-refractivity contribution < 1.29 is 10.2 Å². The zero-order chi connectivity index (χ0) is 21.4. The monoisotopic (exact) mass is 389 g/mol. The van der Waals surface area contributed by atoms with Gasteiger partial charge in [0.2, 0.25) is 0 Å². The lowest BCUT2D eigenvalue weighted by Gasteiger charge is -2.03. The Morgan fingerprint density at radius 3 is 1.88 bits per heavy atom. The first-order chi connectivity index (χ1) is 12.3. The van der Waals surface area contributed by atoms with Crippen LogP contribution < -0.4 is 0 Å². The van der Waals surface area contributed by atoms with Crippen LogP contribution in [0.2, 0.25) is 0 Å². The van der Waals surface area contributed by atoms with Crippen molar-refractivity contribution in [3.05, 3.63) is 23.1 Å². The van der Waals surface area contributed by atoms with Gasteiger partial charge in [0.15, 0.2) is 0 Å². The van der Waals surface area contributed by atoms with Gasteiger partial charge in [-0.25, -0.2) is 0 Å². The van der Waals surface area contributed by atoms with Gasteiger partial charge in [-0.1, -0.05) is 73.0 Å². The summed E-state index contributed by atoms with van der Waals surface area (Å²) in [5.74, 6) is 1.34. The summed E-state index contributed by atoms with van der Waals surface area (Å²) >= 11 is 1.64. The molecule has 26 heavy (non-hydrogen) atoms. The lowest BCUT2D eigenvalue weighted by atomic mass is 10.1. The largest absolute Gasteiger partial charge is 0.400 e. The summed E-state index contributed by atoms with van der Waals surface area (Å²) in [6, 6.07) is 0. The summed E-state index contributed by atoms with van der Waals surface area (Å²) in [7, 11) is 1.00. The van der Waals surface area contributed by atoms with Crippen molar-refractivity contribution >= 4 is 17.5 Å². The quantitative estimate of drug-likeness (QED) is 0.303. The number of unbranched alkanes of at least 4 members (excludes halogenated alkanes) is 2. The molecule has 158 valence electrons. The van der Waals surface area contributed by atoms with Crippen molar-refractivity contribution in [3.63, 3.8) is 0 Å². The predicted octanol–water partition coefficient (Wildman–Crippen LogP) is 6.71. The van der Waals surface area contributed by atoms with Crippen LogP contribution in [0.25, 0.3) is 0 Å². The molecule has 0 aliphatic carbocycles. The second kappa shape index (κ2) is 29.2. The highest BCUT2D eigenvalue weighted by Crippen LogP contribution is 2.07. The van der Waals surface area contributed by atoms with E-state index < -0.39 is 0 Å². The van der Waals surface area contributed by atoms with Crippen molar-refractivity contribution in [2.24, 2.45) is 11.8 Å². The van der Waals surface area contributed by atoms with Gasteiger partial charge in [-0.3, -0.25) is 0 Å². The standard InChI is InChI=1S/C10H17NS.C7H16O.C4H10.CH4O/c1-4-5-6-7-10(8-12-3)9(2)11;1-3-4-5-7(2)6-8;1-4(2)3;1-2/h6-8,11H,4-5H2,1-3H3;7-8H,3-6H2,1-2H3;4H,1-3H3;2H,1H3/b7-6+,10-8+,11-9?;;;. The Balaban J connectivity index is -0.000000149. The molecule has 0 radical (unpaired) electrons. The molecule has 1 unspecified atom stereocenters. The van der Waals surface area contributed by atoms with Crippen LogP contribution >= 0.6 is 11.8 Å². The highest BCUT2D eigenvalue weighted by atomic mass is 32.2. The van der Waals surface area contributed by atoms with Crippen molar-refractivity contribution in [2.45, 2.75) is 80.6 Å². The van der Waals surface area contributed by atoms with Crippen molar-refractivity contribution in [3.8, 4) is 0 Å². The molecular formula is C22H47NO2S. The van der Waals surface area contributed by atoms with Gasteiger partial charge < -0.3 is 15.6 Å². The number of nitrogens with one attached hydrogen (secondary N) is 1. The van der Waals surface area contributed by atoms with E-state index >= 15 is 0 Å². The average Bonchev–Trinajstić information content (AvgIpc) is 2.60. The zero-order valence-corrected chi connectivity index (χ0v) is 19.7. The lowest BCUT2D eigenvalue weighted by Crippen LogP contribution is -1.98. The van der Waals surface area contributed by atoms with E-state index in [-0.39, 0.29) is 0 Å². The fourth-order valence-electron chi connectivity index (χ4n) is 1.40. The van der Waals surface area contributed by atoms with Crippen LogP contribution in [0, 0.1) is 17.2 Å². The molecule has 4 heteroatoms. The highest BCUT2D eigenvalue weighted by molar-refractivity contribution is 8.01. The maximum absolute atomic E-state index is 8.56. The van der Waals surface area contributed by atoms with Gasteiger partial charge in [-0.15, -0.1) is 11.8 Å². The smallest absolute Gasteiger partial charge is 0.0456 e. The third-order valence-corrected chi connectivity index (χ3v) is 3.28. The molecule has 0 aromatic rings. The minimum absolute atomic E-state index is 0.347. The number of hydrogen-bond acceptors (Lipinski definition) is 4. The Hall–Kier alpha value is -0.580. The Morgan fingerprint density at radius 2 is 1.58 bits per heavy atom. The molecule has 0 amide bonds. The van der Waals surface area contributed by atoms with E-state index in [1.807, 2.05) is 24.7 Å². The van der Waals surface area contributed by atoms with Crippen LogP contribution in [0.15, 0.2) is 23.1 Å². The summed E-state index contributed by atoms with van der Waals surface area (Å²) in [4.78, 5) is 0. The van der Waals surface area contributed by atoms with E-state index in [0.29, 0.717) is 18.2 Å². The van der Waals surface area contributed by atoms with Crippen LogP contribution in [0.5, 0.6) is 0 Å². The van der Waals surface area contributed by atoms with E-state index in [0.717, 1.165) is 25.0 Å². The molecule has 0 aliphatic heterocycles. The summed E-state index contributed by atoms with van der Waals surface area (Å²) in [6.07, 6.45) is 12.1. The fourth-order valence-corrected chi connectivity index (χ4v) is 1.91. The molecule has 3 nitrogen and oxygen atoms in total. The fraction of sp³-hybridized carbons (Fsp3) is 0.773. The molecule has 0 aromatic heterocycles. The number of rotatable bonds is 9. The van der Waals surface area contributed by atoms with Crippen LogP contribution in [0.3, 0.4) is 0 Å². The first kappa shape index (κ1) is 33.0. The van der Waals surface area contributed by atoms with E-state index in [9.17, 15) is 0 Å². The Morgan fingerprint density at radius 1 is 1.08 bits per heavy atom. The minimum Gasteiger partial charge on any atom is -0.400 e. The first-order valence-corrected chi connectivity index (χ1v) is 11.1. The Labute approximate surface area is 168 Å². The summed E-state index contributed by atoms with van der Waals surface area (Å²) in [6.45, 7) is 15.1. The molecule has 3 N–H and O–H groups in total. The SMILES string of the molecule is CC(C)C.CCC/C=C/C(=C\SC)C(C)=N.CCCCC(C)CO.CO. The van der Waals surface area contributed by atoms with E-state index in [1.165, 1.54) is 25.7 Å². The third-order valence-electron chi connectivity index (χ3n) is 2.79. The first-order valence-electron chi connectivity index (χ1n) is 9.77. The number of aliphatic hydroxyl groups excluding tert-OH is 2. The average molecular weight is 390 g/mol. The molecular weight excluding hydrogens is 342 g/mol. The van der Waals surface area contributed by atoms with E-state index in [4.69, 9.17) is 15.6 Å². The maximum Gasteiger partial charge on any atom is 0.0456 e. The number of allylic oxidation sites excluding steroid dienone is 3. The lowest BCUT2D eigenvalue weighted by molar-refractivity contribution is 0.228. The van der Waals surface area contributed by atoms with Gasteiger partial charge >= 0.3 is 0 Å². The molecule has 0 aromatic carbocycles. The summed E-state index contributed by atoms with van der Waals surface area (Å²) in [5.41, 5.74) is 1.66. The summed E-state index contributed by atoms with van der Waals surface area (Å²) in [5, 5.41) is 25.0. The van der Waals surface area contributed by atoms with Gasteiger partial charge in [0.1, 0.15) is 0 Å². The molecule has 0 saturated heterocycles. The molecule has 0 saturated carbocycles. The molecule has 0 bridgehead atoms. The number of hydrogen-bond donors (Lipinski definition) is 3. The Kier molecular flexibility index (Phi) is 37.1. The molecule has 0 heterocycles. The van der Waals surface area contributed by atoms with Crippen LogP contribution in [-0.4, -0.2) is 35.9 Å². The molecule has 0 rings (SSSR count). The van der Waals surface area contributed by atoms with Gasteiger partial charge in [-0.2, -0.15) is 0 Å². The van der Waals surface area contributed by atoms with Gasteiger partial charge in [0, 0.05) is 25.0 Å². The van der Waals surface area contributed by atoms with Gasteiger partial charge in [0.05, 0.1) is 0 Å². The zero-order valence-electron chi connectivity index (χ0n) is 18.9. The normalized spacial score (nSPS) is 11.6. The number of thioether (sulfide) groups is 1. The summed E-state index contributed by atoms with van der Waals surface area (Å²) < 4.78 is 0. The third kappa shape index (κ3) is 38.8. The molecule has 1 atom stereocenters. The molecule has 0 fully saturated rings. The molecule has 0 aliphatic rings. The van der Waals surface area contributed by atoms with E-state index in [1.54, 1.807) is 11.8 Å². The Bertz CT molecular complexity index is 323. The second-order valence-corrected chi connectivity index (χ2v) is 7.49.